The summed E-state index contributed by atoms with van der Waals surface area (Å²) in [5.74, 6) is 0. The lowest BCUT2D eigenvalue weighted by atomic mass is 10.2. The maximum absolute atomic E-state index is 12.3. The van der Waals surface area contributed by atoms with E-state index >= 15 is 0 Å². The lowest BCUT2D eigenvalue weighted by Gasteiger charge is -2.21. The van der Waals surface area contributed by atoms with E-state index in [-0.39, 0.29) is 5.25 Å². The fourth-order valence-corrected chi connectivity index (χ4v) is 4.18. The Morgan fingerprint density at radius 1 is 1.22 bits per heavy atom. The zero-order valence-electron chi connectivity index (χ0n) is 10.7. The Balaban J connectivity index is 2.06. The summed E-state index contributed by atoms with van der Waals surface area (Å²) in [5, 5.41) is -0.184. The van der Waals surface area contributed by atoms with Gasteiger partial charge in [-0.25, -0.2) is 12.7 Å². The average molecular weight is 268 g/mol. The predicted octanol–water partition coefficient (Wildman–Crippen LogP) is 1.97. The molecule has 2 rings (SSSR count). The van der Waals surface area contributed by atoms with Crippen LogP contribution < -0.4 is 5.73 Å². The summed E-state index contributed by atoms with van der Waals surface area (Å²) in [4.78, 5) is 0. The molecule has 0 amide bonds. The molecule has 4 nitrogen and oxygen atoms in total. The minimum Gasteiger partial charge on any atom is -0.399 e. The number of benzene rings is 1. The molecule has 1 aliphatic carbocycles. The van der Waals surface area contributed by atoms with Crippen molar-refractivity contribution in [2.45, 2.75) is 37.5 Å². The highest BCUT2D eigenvalue weighted by Gasteiger charge is 2.31. The summed E-state index contributed by atoms with van der Waals surface area (Å²) in [6.45, 7) is 0.416. The predicted molar refractivity (Wildman–Crippen MR) is 73.5 cm³/mol. The third kappa shape index (κ3) is 2.84. The molecule has 0 heterocycles. The van der Waals surface area contributed by atoms with Crippen LogP contribution in [0.2, 0.25) is 0 Å². The SMILES string of the molecule is CN(Cc1ccc(N)cc1)S(=O)(=O)C1CCCC1. The van der Waals surface area contributed by atoms with E-state index in [2.05, 4.69) is 0 Å². The van der Waals surface area contributed by atoms with Gasteiger partial charge in [-0.2, -0.15) is 0 Å². The van der Waals surface area contributed by atoms with Gasteiger partial charge in [0.25, 0.3) is 0 Å². The zero-order chi connectivity index (χ0) is 13.2. The van der Waals surface area contributed by atoms with Crippen molar-refractivity contribution >= 4 is 15.7 Å². The van der Waals surface area contributed by atoms with E-state index in [1.807, 2.05) is 12.1 Å². The van der Waals surface area contributed by atoms with Crippen LogP contribution in [-0.4, -0.2) is 25.0 Å². The summed E-state index contributed by atoms with van der Waals surface area (Å²) in [6.07, 6.45) is 3.65. The van der Waals surface area contributed by atoms with Gasteiger partial charge in [0, 0.05) is 19.3 Å². The normalized spacial score (nSPS) is 17.4. The van der Waals surface area contributed by atoms with Crippen LogP contribution >= 0.6 is 0 Å². The number of hydrogen-bond donors (Lipinski definition) is 1. The van der Waals surface area contributed by atoms with Crippen molar-refractivity contribution in [3.63, 3.8) is 0 Å². The molecule has 1 aliphatic rings. The molecule has 0 unspecified atom stereocenters. The van der Waals surface area contributed by atoms with Crippen LogP contribution in [0.5, 0.6) is 0 Å². The lowest BCUT2D eigenvalue weighted by Crippen LogP contribution is -2.34. The highest BCUT2D eigenvalue weighted by Crippen LogP contribution is 2.27. The number of nitrogen functional groups attached to an aromatic ring is 1. The van der Waals surface area contributed by atoms with Gasteiger partial charge in [-0.15, -0.1) is 0 Å². The van der Waals surface area contributed by atoms with E-state index in [0.29, 0.717) is 12.2 Å². The largest absolute Gasteiger partial charge is 0.399 e. The first-order chi connectivity index (χ1) is 8.50. The maximum atomic E-state index is 12.3. The Kier molecular flexibility index (Phi) is 3.92. The Bertz CT molecular complexity index is 490. The van der Waals surface area contributed by atoms with E-state index in [1.165, 1.54) is 4.31 Å². The first kappa shape index (κ1) is 13.4. The van der Waals surface area contributed by atoms with Gasteiger partial charge in [0.05, 0.1) is 5.25 Å². The molecule has 1 fully saturated rings. The summed E-state index contributed by atoms with van der Waals surface area (Å²) < 4.78 is 26.1. The highest BCUT2D eigenvalue weighted by molar-refractivity contribution is 7.89. The van der Waals surface area contributed by atoms with Gasteiger partial charge in [-0.1, -0.05) is 25.0 Å². The first-order valence-corrected chi connectivity index (χ1v) is 7.80. The van der Waals surface area contributed by atoms with E-state index < -0.39 is 10.0 Å². The summed E-state index contributed by atoms with van der Waals surface area (Å²) >= 11 is 0. The van der Waals surface area contributed by atoms with Crippen LogP contribution in [0.15, 0.2) is 24.3 Å². The molecule has 0 atom stereocenters. The molecule has 0 spiro atoms. The second-order valence-corrected chi connectivity index (χ2v) is 7.27. The van der Waals surface area contributed by atoms with Crippen molar-refractivity contribution in [1.82, 2.24) is 4.31 Å². The number of hydrogen-bond acceptors (Lipinski definition) is 3. The van der Waals surface area contributed by atoms with Crippen molar-refractivity contribution in [3.05, 3.63) is 29.8 Å². The van der Waals surface area contributed by atoms with Crippen LogP contribution in [0, 0.1) is 0 Å². The number of nitrogens with zero attached hydrogens (tertiary/aromatic N) is 1. The number of nitrogens with two attached hydrogens (primary N) is 1. The van der Waals surface area contributed by atoms with Crippen molar-refractivity contribution in [3.8, 4) is 0 Å². The Hall–Kier alpha value is -1.07. The molecule has 18 heavy (non-hydrogen) atoms. The van der Waals surface area contributed by atoms with Crippen LogP contribution in [-0.2, 0) is 16.6 Å². The Morgan fingerprint density at radius 2 is 1.78 bits per heavy atom. The molecule has 0 bridgehead atoms. The van der Waals surface area contributed by atoms with Gasteiger partial charge in [0.1, 0.15) is 0 Å². The zero-order valence-corrected chi connectivity index (χ0v) is 11.5. The average Bonchev–Trinajstić information content (AvgIpc) is 2.86. The fraction of sp³-hybridized carbons (Fsp3) is 0.538. The molecule has 100 valence electrons. The second-order valence-electron chi connectivity index (χ2n) is 4.95. The smallest absolute Gasteiger partial charge is 0.217 e. The molecular weight excluding hydrogens is 248 g/mol. The molecule has 0 saturated heterocycles. The van der Waals surface area contributed by atoms with Crippen molar-refractivity contribution in [2.75, 3.05) is 12.8 Å². The number of sulfonamides is 1. The van der Waals surface area contributed by atoms with E-state index in [9.17, 15) is 8.42 Å². The van der Waals surface area contributed by atoms with Crippen molar-refractivity contribution < 1.29 is 8.42 Å². The summed E-state index contributed by atoms with van der Waals surface area (Å²) in [5.41, 5.74) is 7.27. The standard InChI is InChI=1S/C13H20N2O2S/c1-15(10-11-6-8-12(14)9-7-11)18(16,17)13-4-2-3-5-13/h6-9,13H,2-5,10,14H2,1H3. The van der Waals surface area contributed by atoms with Crippen molar-refractivity contribution in [1.29, 1.82) is 0 Å². The van der Waals surface area contributed by atoms with Crippen LogP contribution in [0.25, 0.3) is 0 Å². The first-order valence-electron chi connectivity index (χ1n) is 6.30. The van der Waals surface area contributed by atoms with E-state index in [4.69, 9.17) is 5.73 Å². The van der Waals surface area contributed by atoms with E-state index in [0.717, 1.165) is 31.2 Å². The highest BCUT2D eigenvalue weighted by atomic mass is 32.2. The third-order valence-electron chi connectivity index (χ3n) is 3.54. The molecule has 0 radical (unpaired) electrons. The van der Waals surface area contributed by atoms with Crippen LogP contribution in [0.3, 0.4) is 0 Å². The van der Waals surface area contributed by atoms with Gasteiger partial charge in [-0.05, 0) is 30.5 Å². The minimum absolute atomic E-state index is 0.184. The van der Waals surface area contributed by atoms with E-state index in [1.54, 1.807) is 19.2 Å². The minimum atomic E-state index is -3.14. The molecule has 1 saturated carbocycles. The van der Waals surface area contributed by atoms with Crippen LogP contribution in [0.4, 0.5) is 5.69 Å². The molecular formula is C13H20N2O2S. The molecule has 0 aromatic heterocycles. The maximum Gasteiger partial charge on any atom is 0.217 e. The topological polar surface area (TPSA) is 63.4 Å². The van der Waals surface area contributed by atoms with Gasteiger partial charge < -0.3 is 5.73 Å². The second kappa shape index (κ2) is 5.28. The summed E-state index contributed by atoms with van der Waals surface area (Å²) in [7, 11) is -1.49. The molecule has 1 aromatic rings. The quantitative estimate of drug-likeness (QED) is 0.849. The molecule has 5 heteroatoms. The van der Waals surface area contributed by atoms with Gasteiger partial charge in [0.2, 0.25) is 10.0 Å². The summed E-state index contributed by atoms with van der Waals surface area (Å²) in [6, 6.07) is 7.34. The van der Waals surface area contributed by atoms with Gasteiger partial charge >= 0.3 is 0 Å². The number of rotatable bonds is 4. The van der Waals surface area contributed by atoms with Gasteiger partial charge in [0.15, 0.2) is 0 Å². The fourth-order valence-electron chi connectivity index (χ4n) is 2.41. The lowest BCUT2D eigenvalue weighted by molar-refractivity contribution is 0.455. The van der Waals surface area contributed by atoms with Crippen LogP contribution in [0.1, 0.15) is 31.2 Å². The van der Waals surface area contributed by atoms with Gasteiger partial charge in [-0.3, -0.25) is 0 Å². The monoisotopic (exact) mass is 268 g/mol. The molecule has 2 N–H and O–H groups in total. The third-order valence-corrected chi connectivity index (χ3v) is 5.85. The molecule has 0 aliphatic heterocycles. The Morgan fingerprint density at radius 3 is 2.33 bits per heavy atom. The molecule has 1 aromatic carbocycles. The van der Waals surface area contributed by atoms with Crippen molar-refractivity contribution in [2.24, 2.45) is 0 Å². The Labute approximate surface area is 109 Å². The number of anilines is 1.